The topological polar surface area (TPSA) is 64.8 Å². The summed E-state index contributed by atoms with van der Waals surface area (Å²) in [5, 5.41) is 3.32. The van der Waals surface area contributed by atoms with Crippen LogP contribution < -0.4 is 10.2 Å². The Morgan fingerprint density at radius 1 is 1.21 bits per heavy atom. The van der Waals surface area contributed by atoms with Crippen molar-refractivity contribution in [2.24, 2.45) is 0 Å². The van der Waals surface area contributed by atoms with Crippen molar-refractivity contribution in [3.05, 3.63) is 36.4 Å². The summed E-state index contributed by atoms with van der Waals surface area (Å²) in [6, 6.07) is 8.32. The van der Waals surface area contributed by atoms with Crippen molar-refractivity contribution in [1.82, 2.24) is 20.1 Å². The number of oxazole rings is 1. The van der Waals surface area contributed by atoms with Crippen LogP contribution in [0.2, 0.25) is 0 Å². The Morgan fingerprint density at radius 2 is 1.97 bits per heavy atom. The molecule has 2 bridgehead atoms. The minimum atomic E-state index is -0.0368. The number of aromatic nitrogens is 1. The first-order chi connectivity index (χ1) is 15.9. The lowest BCUT2D eigenvalue weighted by Crippen LogP contribution is -2.56. The van der Waals surface area contributed by atoms with Crippen LogP contribution in [-0.4, -0.2) is 77.6 Å². The summed E-state index contributed by atoms with van der Waals surface area (Å²) in [5.74, 6) is -0.0368. The molecule has 4 heterocycles. The van der Waals surface area contributed by atoms with Gasteiger partial charge in [0.1, 0.15) is 5.52 Å². The van der Waals surface area contributed by atoms with Crippen LogP contribution >= 0.6 is 0 Å². The van der Waals surface area contributed by atoms with Gasteiger partial charge in [0.25, 0.3) is 11.9 Å². The lowest BCUT2D eigenvalue weighted by Gasteiger charge is -2.47. The summed E-state index contributed by atoms with van der Waals surface area (Å²) < 4.78 is 6.17. The van der Waals surface area contributed by atoms with Crippen molar-refractivity contribution in [2.75, 3.05) is 31.6 Å². The number of amides is 1. The molecule has 7 nitrogen and oxygen atoms in total. The van der Waals surface area contributed by atoms with Gasteiger partial charge < -0.3 is 19.5 Å². The summed E-state index contributed by atoms with van der Waals surface area (Å²) >= 11 is 0. The molecule has 178 valence electrons. The van der Waals surface area contributed by atoms with Gasteiger partial charge >= 0.3 is 0 Å². The highest BCUT2D eigenvalue weighted by atomic mass is 16.4. The molecule has 3 fully saturated rings. The Hall–Kier alpha value is -2.38. The van der Waals surface area contributed by atoms with Gasteiger partial charge in [-0.1, -0.05) is 18.6 Å². The lowest BCUT2D eigenvalue weighted by atomic mass is 9.82. The molecule has 1 N–H and O–H groups in total. The molecular weight excluding hydrogens is 414 g/mol. The van der Waals surface area contributed by atoms with Crippen LogP contribution in [0, 0.1) is 0 Å². The Labute approximate surface area is 196 Å². The van der Waals surface area contributed by atoms with Gasteiger partial charge in [-0.15, -0.1) is 6.58 Å². The summed E-state index contributed by atoms with van der Waals surface area (Å²) in [7, 11) is 2.24. The molecule has 0 saturated carbocycles. The second-order valence-electron chi connectivity index (χ2n) is 10.3. The van der Waals surface area contributed by atoms with E-state index in [1.807, 2.05) is 24.3 Å². The minimum Gasteiger partial charge on any atom is -0.423 e. The Kier molecular flexibility index (Phi) is 6.18. The standard InChI is InChI=1S/C26H37N5O2/c1-5-12-30-15-18(3)31(16-17(30)2)26-28-24-22(10-7-11-23(24)33-26)25(32)27-19-13-20-8-6-9-21(14-19)29(20)4/h5,7,10-11,17-21H,1,6,8-9,12-16H2,2-4H3,(H,27,32)/t17-,18-,19?,20?,21?/m0/s1. The molecule has 1 aromatic carbocycles. The molecule has 7 heteroatoms. The smallest absolute Gasteiger partial charge is 0.298 e. The predicted octanol–water partition coefficient (Wildman–Crippen LogP) is 3.66. The molecule has 2 unspecified atom stereocenters. The van der Waals surface area contributed by atoms with Crippen molar-refractivity contribution in [2.45, 2.75) is 76.2 Å². The van der Waals surface area contributed by atoms with Crippen LogP contribution in [0.5, 0.6) is 0 Å². The lowest BCUT2D eigenvalue weighted by molar-refractivity contribution is 0.0463. The SMILES string of the molecule is C=CCN1C[C@H](C)N(c2nc3c(C(=O)NC4CC5CCCC(C4)N5C)cccc3o2)C[C@@H]1C. The Morgan fingerprint density at radius 3 is 2.70 bits per heavy atom. The van der Waals surface area contributed by atoms with E-state index in [-0.39, 0.29) is 18.0 Å². The number of hydrogen-bond donors (Lipinski definition) is 1. The normalized spacial score (nSPS) is 31.0. The number of piperazine rings is 1. The van der Waals surface area contributed by atoms with Gasteiger partial charge in [-0.05, 0) is 58.7 Å². The number of rotatable bonds is 5. The summed E-state index contributed by atoms with van der Waals surface area (Å²) in [6.07, 6.45) is 7.80. The summed E-state index contributed by atoms with van der Waals surface area (Å²) in [4.78, 5) is 25.3. The maximum absolute atomic E-state index is 13.3. The van der Waals surface area contributed by atoms with E-state index in [9.17, 15) is 4.79 Å². The third-order valence-electron chi connectivity index (χ3n) is 8.05. The zero-order valence-electron chi connectivity index (χ0n) is 20.2. The zero-order chi connectivity index (χ0) is 23.1. The van der Waals surface area contributed by atoms with Crippen molar-refractivity contribution in [3.8, 4) is 0 Å². The molecule has 3 aliphatic heterocycles. The van der Waals surface area contributed by atoms with E-state index in [1.54, 1.807) is 0 Å². The van der Waals surface area contributed by atoms with E-state index >= 15 is 0 Å². The number of fused-ring (bicyclic) bond motifs is 3. The number of hydrogen-bond acceptors (Lipinski definition) is 6. The molecule has 3 aliphatic rings. The molecule has 1 amide bonds. The maximum atomic E-state index is 13.3. The first kappa shape index (κ1) is 22.4. The average molecular weight is 452 g/mol. The van der Waals surface area contributed by atoms with Crippen molar-refractivity contribution in [1.29, 1.82) is 0 Å². The highest BCUT2D eigenvalue weighted by Crippen LogP contribution is 2.33. The predicted molar refractivity (Wildman–Crippen MR) is 132 cm³/mol. The highest BCUT2D eigenvalue weighted by molar-refractivity contribution is 6.04. The minimum absolute atomic E-state index is 0.0368. The fourth-order valence-corrected chi connectivity index (χ4v) is 6.12. The van der Waals surface area contributed by atoms with Gasteiger partial charge in [0, 0.05) is 49.8 Å². The van der Waals surface area contributed by atoms with Crippen LogP contribution in [0.25, 0.3) is 11.1 Å². The first-order valence-corrected chi connectivity index (χ1v) is 12.5. The first-order valence-electron chi connectivity index (χ1n) is 12.5. The van der Waals surface area contributed by atoms with Crippen LogP contribution in [0.15, 0.2) is 35.3 Å². The fourth-order valence-electron chi connectivity index (χ4n) is 6.12. The quantitative estimate of drug-likeness (QED) is 0.700. The van der Waals surface area contributed by atoms with E-state index in [0.29, 0.717) is 40.8 Å². The summed E-state index contributed by atoms with van der Waals surface area (Å²) in [6.45, 7) is 10.9. The van der Waals surface area contributed by atoms with Crippen molar-refractivity contribution in [3.63, 3.8) is 0 Å². The average Bonchev–Trinajstić information content (AvgIpc) is 3.21. The molecule has 3 saturated heterocycles. The number of piperidine rings is 2. The van der Waals surface area contributed by atoms with E-state index < -0.39 is 0 Å². The van der Waals surface area contributed by atoms with Crippen LogP contribution in [-0.2, 0) is 0 Å². The van der Waals surface area contributed by atoms with E-state index in [0.717, 1.165) is 32.5 Å². The third kappa shape index (κ3) is 4.28. The third-order valence-corrected chi connectivity index (χ3v) is 8.05. The van der Waals surface area contributed by atoms with E-state index in [4.69, 9.17) is 9.40 Å². The van der Waals surface area contributed by atoms with Gasteiger partial charge in [0.05, 0.1) is 5.56 Å². The molecule has 2 aromatic rings. The van der Waals surface area contributed by atoms with Gasteiger partial charge in [-0.25, -0.2) is 0 Å². The van der Waals surface area contributed by atoms with E-state index in [2.05, 4.69) is 47.5 Å². The number of benzene rings is 1. The Balaban J connectivity index is 1.34. The van der Waals surface area contributed by atoms with Gasteiger partial charge in [0.15, 0.2) is 5.58 Å². The van der Waals surface area contributed by atoms with Gasteiger partial charge in [-0.3, -0.25) is 9.69 Å². The molecule has 0 radical (unpaired) electrons. The second kappa shape index (κ2) is 9.11. The van der Waals surface area contributed by atoms with Gasteiger partial charge in [-0.2, -0.15) is 4.98 Å². The number of para-hydroxylation sites is 1. The van der Waals surface area contributed by atoms with Gasteiger partial charge in [0.2, 0.25) is 0 Å². The molecule has 0 aliphatic carbocycles. The number of nitrogens with one attached hydrogen (secondary N) is 1. The highest BCUT2D eigenvalue weighted by Gasteiger charge is 2.37. The van der Waals surface area contributed by atoms with Crippen LogP contribution in [0.3, 0.4) is 0 Å². The largest absolute Gasteiger partial charge is 0.423 e. The second-order valence-corrected chi connectivity index (χ2v) is 10.3. The number of anilines is 1. The molecule has 0 spiro atoms. The molecular formula is C26H37N5O2. The molecule has 33 heavy (non-hydrogen) atoms. The molecule has 4 atom stereocenters. The zero-order valence-corrected chi connectivity index (χ0v) is 20.2. The number of nitrogens with zero attached hydrogens (tertiary/aromatic N) is 4. The number of carbonyl (C=O) groups excluding carboxylic acids is 1. The van der Waals surface area contributed by atoms with Crippen molar-refractivity contribution >= 4 is 23.0 Å². The fraction of sp³-hybridized carbons (Fsp3) is 0.615. The maximum Gasteiger partial charge on any atom is 0.298 e. The van der Waals surface area contributed by atoms with Crippen LogP contribution in [0.1, 0.15) is 56.3 Å². The number of carbonyl (C=O) groups is 1. The molecule has 1 aromatic heterocycles. The molecule has 5 rings (SSSR count). The monoisotopic (exact) mass is 451 g/mol. The van der Waals surface area contributed by atoms with Crippen molar-refractivity contribution < 1.29 is 9.21 Å². The summed E-state index contributed by atoms with van der Waals surface area (Å²) in [5.41, 5.74) is 1.94. The van der Waals surface area contributed by atoms with E-state index in [1.165, 1.54) is 19.3 Å². The van der Waals surface area contributed by atoms with Crippen LogP contribution in [0.4, 0.5) is 6.01 Å². The Bertz CT molecular complexity index is 1010.